The Labute approximate surface area is 119 Å². The van der Waals surface area contributed by atoms with Gasteiger partial charge in [0.1, 0.15) is 10.9 Å². The van der Waals surface area contributed by atoms with Gasteiger partial charge in [0.15, 0.2) is 0 Å². The zero-order valence-electron chi connectivity index (χ0n) is 10.2. The number of hydrogen-bond acceptors (Lipinski definition) is 6. The molecule has 19 heavy (non-hydrogen) atoms. The van der Waals surface area contributed by atoms with E-state index in [4.69, 9.17) is 5.11 Å². The van der Waals surface area contributed by atoms with E-state index in [1.54, 1.807) is 30.0 Å². The molecular weight excluding hydrogens is 288 g/mol. The van der Waals surface area contributed by atoms with Gasteiger partial charge in [-0.2, -0.15) is 11.8 Å². The van der Waals surface area contributed by atoms with Gasteiger partial charge in [-0.3, -0.25) is 14.9 Å². The van der Waals surface area contributed by atoms with Crippen LogP contribution in [0.15, 0.2) is 29.2 Å². The molecule has 0 unspecified atom stereocenters. The first-order valence-electron chi connectivity index (χ1n) is 5.43. The molecule has 0 aromatic heterocycles. The number of para-hydroxylation sites is 1. The average molecular weight is 302 g/mol. The van der Waals surface area contributed by atoms with Crippen LogP contribution in [0.2, 0.25) is 0 Å². The second-order valence-electron chi connectivity index (χ2n) is 3.62. The highest BCUT2D eigenvalue weighted by atomic mass is 32.2. The van der Waals surface area contributed by atoms with Gasteiger partial charge in [-0.15, -0.1) is 0 Å². The zero-order chi connectivity index (χ0) is 14.3. The van der Waals surface area contributed by atoms with E-state index < -0.39 is 16.9 Å². The summed E-state index contributed by atoms with van der Waals surface area (Å²) in [5.74, 6) is -0.248. The minimum Gasteiger partial charge on any atom is -0.480 e. The minimum absolute atomic E-state index is 0.0333. The molecule has 0 saturated carbocycles. The molecule has 0 aliphatic heterocycles. The van der Waals surface area contributed by atoms with Crippen LogP contribution in [0.4, 0.5) is 5.69 Å². The topological polar surface area (TPSA) is 92.5 Å². The molecule has 0 heterocycles. The van der Waals surface area contributed by atoms with Crippen LogP contribution in [-0.2, 0) is 4.79 Å². The summed E-state index contributed by atoms with van der Waals surface area (Å²) in [6, 6.07) is 5.50. The molecule has 8 heteroatoms. The number of thioether (sulfide) groups is 1. The van der Waals surface area contributed by atoms with Gasteiger partial charge in [-0.25, -0.2) is 4.72 Å². The van der Waals surface area contributed by atoms with E-state index in [1.165, 1.54) is 6.07 Å². The number of nitro groups is 1. The van der Waals surface area contributed by atoms with Crippen LogP contribution in [0.5, 0.6) is 0 Å². The summed E-state index contributed by atoms with van der Waals surface area (Å²) >= 11 is 2.54. The molecule has 1 atom stereocenters. The molecule has 104 valence electrons. The van der Waals surface area contributed by atoms with E-state index in [0.717, 1.165) is 11.9 Å². The Hall–Kier alpha value is -1.25. The lowest BCUT2D eigenvalue weighted by molar-refractivity contribution is -0.387. The summed E-state index contributed by atoms with van der Waals surface area (Å²) in [5, 5.41) is 19.9. The Morgan fingerprint density at radius 1 is 1.53 bits per heavy atom. The van der Waals surface area contributed by atoms with Crippen molar-refractivity contribution in [2.24, 2.45) is 0 Å². The average Bonchev–Trinajstić information content (AvgIpc) is 2.38. The summed E-state index contributed by atoms with van der Waals surface area (Å²) in [6.07, 6.45) is 2.36. The fourth-order valence-electron chi connectivity index (χ4n) is 1.30. The largest absolute Gasteiger partial charge is 0.480 e. The summed E-state index contributed by atoms with van der Waals surface area (Å²) in [5.41, 5.74) is -0.0333. The predicted molar refractivity (Wildman–Crippen MR) is 76.5 cm³/mol. The van der Waals surface area contributed by atoms with Crippen molar-refractivity contribution in [1.82, 2.24) is 4.72 Å². The van der Waals surface area contributed by atoms with Crippen LogP contribution in [0.25, 0.3) is 0 Å². The second-order valence-corrected chi connectivity index (χ2v) is 5.48. The lowest BCUT2D eigenvalue weighted by atomic mass is 10.2. The smallest absolute Gasteiger partial charge is 0.321 e. The molecule has 0 amide bonds. The molecule has 0 aliphatic carbocycles. The Bertz CT molecular complexity index is 456. The molecule has 1 aromatic rings. The molecule has 0 fully saturated rings. The standard InChI is InChI=1S/C11H14N2O4S2/c1-18-7-6-8(11(14)15)12-19-10-5-3-2-4-9(10)13(16)17/h2-5,8,12H,6-7H2,1H3,(H,14,15)/t8-/m0/s1. The number of benzene rings is 1. The summed E-state index contributed by atoms with van der Waals surface area (Å²) in [7, 11) is 0. The van der Waals surface area contributed by atoms with E-state index in [-0.39, 0.29) is 5.69 Å². The Kier molecular flexibility index (Phi) is 6.68. The maximum absolute atomic E-state index is 11.0. The number of carboxylic acid groups (broad SMARTS) is 1. The van der Waals surface area contributed by atoms with Gasteiger partial charge < -0.3 is 5.11 Å². The van der Waals surface area contributed by atoms with Crippen molar-refractivity contribution in [3.63, 3.8) is 0 Å². The van der Waals surface area contributed by atoms with Crippen molar-refractivity contribution >= 4 is 35.4 Å². The van der Waals surface area contributed by atoms with Crippen molar-refractivity contribution in [3.8, 4) is 0 Å². The summed E-state index contributed by atoms with van der Waals surface area (Å²) in [4.78, 5) is 21.8. The normalized spacial score (nSPS) is 12.1. The van der Waals surface area contributed by atoms with E-state index in [1.807, 2.05) is 6.26 Å². The number of nitrogens with zero attached hydrogens (tertiary/aromatic N) is 1. The van der Waals surface area contributed by atoms with E-state index >= 15 is 0 Å². The summed E-state index contributed by atoms with van der Waals surface area (Å²) in [6.45, 7) is 0. The van der Waals surface area contributed by atoms with Crippen molar-refractivity contribution in [2.75, 3.05) is 12.0 Å². The first-order chi connectivity index (χ1) is 9.06. The third-order valence-corrected chi connectivity index (χ3v) is 3.89. The number of carboxylic acids is 1. The lowest BCUT2D eigenvalue weighted by Crippen LogP contribution is -2.32. The molecule has 1 aromatic carbocycles. The lowest BCUT2D eigenvalue weighted by Gasteiger charge is -2.12. The third kappa shape index (κ3) is 5.09. The number of carbonyl (C=O) groups is 1. The Balaban J connectivity index is 2.68. The van der Waals surface area contributed by atoms with Crippen molar-refractivity contribution in [1.29, 1.82) is 0 Å². The molecule has 0 spiro atoms. The van der Waals surface area contributed by atoms with Crippen LogP contribution in [0.1, 0.15) is 6.42 Å². The SMILES string of the molecule is CSCC[C@H](NSc1ccccc1[N+](=O)[O-])C(=O)O. The maximum atomic E-state index is 11.0. The van der Waals surface area contributed by atoms with E-state index in [9.17, 15) is 14.9 Å². The van der Waals surface area contributed by atoms with Gasteiger partial charge in [0.05, 0.1) is 4.92 Å². The van der Waals surface area contributed by atoms with Gasteiger partial charge in [0.25, 0.3) is 5.69 Å². The number of rotatable bonds is 8. The Morgan fingerprint density at radius 2 is 2.21 bits per heavy atom. The highest BCUT2D eigenvalue weighted by Gasteiger charge is 2.19. The van der Waals surface area contributed by atoms with Gasteiger partial charge in [0.2, 0.25) is 0 Å². The maximum Gasteiger partial charge on any atom is 0.321 e. The number of nitro benzene ring substituents is 1. The van der Waals surface area contributed by atoms with Crippen LogP contribution < -0.4 is 4.72 Å². The van der Waals surface area contributed by atoms with Gasteiger partial charge in [0, 0.05) is 6.07 Å². The number of hydrogen-bond donors (Lipinski definition) is 2. The summed E-state index contributed by atoms with van der Waals surface area (Å²) < 4.78 is 2.76. The van der Waals surface area contributed by atoms with Crippen molar-refractivity contribution in [2.45, 2.75) is 17.4 Å². The zero-order valence-corrected chi connectivity index (χ0v) is 11.9. The van der Waals surface area contributed by atoms with E-state index in [2.05, 4.69) is 4.72 Å². The Morgan fingerprint density at radius 3 is 2.79 bits per heavy atom. The van der Waals surface area contributed by atoms with Crippen LogP contribution in [0, 0.1) is 10.1 Å². The highest BCUT2D eigenvalue weighted by Crippen LogP contribution is 2.27. The minimum atomic E-state index is -0.958. The molecule has 1 rings (SSSR count). The fourth-order valence-corrected chi connectivity index (χ4v) is 2.65. The van der Waals surface area contributed by atoms with Crippen molar-refractivity contribution < 1.29 is 14.8 Å². The molecule has 0 radical (unpaired) electrons. The first kappa shape index (κ1) is 15.8. The van der Waals surface area contributed by atoms with E-state index in [0.29, 0.717) is 17.1 Å². The number of aliphatic carboxylic acids is 1. The number of nitrogens with one attached hydrogen (secondary N) is 1. The van der Waals surface area contributed by atoms with Crippen molar-refractivity contribution in [3.05, 3.63) is 34.4 Å². The molecule has 0 saturated heterocycles. The van der Waals surface area contributed by atoms with Gasteiger partial charge in [-0.05, 0) is 36.4 Å². The van der Waals surface area contributed by atoms with Crippen LogP contribution >= 0.6 is 23.7 Å². The van der Waals surface area contributed by atoms with Crippen LogP contribution in [-0.4, -0.2) is 34.0 Å². The first-order valence-corrected chi connectivity index (χ1v) is 7.64. The molecule has 2 N–H and O–H groups in total. The molecule has 0 aliphatic rings. The third-order valence-electron chi connectivity index (χ3n) is 2.28. The van der Waals surface area contributed by atoms with Gasteiger partial charge in [-0.1, -0.05) is 12.1 Å². The molecule has 0 bridgehead atoms. The van der Waals surface area contributed by atoms with Gasteiger partial charge >= 0.3 is 5.97 Å². The molecular formula is C11H14N2O4S2. The molecule has 6 nitrogen and oxygen atoms in total. The van der Waals surface area contributed by atoms with Crippen LogP contribution in [0.3, 0.4) is 0 Å². The monoisotopic (exact) mass is 302 g/mol. The predicted octanol–water partition coefficient (Wildman–Crippen LogP) is 2.40. The quantitative estimate of drug-likeness (QED) is 0.432. The highest BCUT2D eigenvalue weighted by molar-refractivity contribution is 7.98. The second kappa shape index (κ2) is 8.03. The fraction of sp³-hybridized carbons (Fsp3) is 0.364.